The van der Waals surface area contributed by atoms with Gasteiger partial charge in [-0.15, -0.1) is 0 Å². The van der Waals surface area contributed by atoms with Gasteiger partial charge in [-0.1, -0.05) is 36.8 Å². The van der Waals surface area contributed by atoms with E-state index < -0.39 is 6.10 Å². The maximum Gasteiger partial charge on any atom is 0.223 e. The number of aliphatic hydroxyl groups is 1. The molecule has 0 bridgehead atoms. The summed E-state index contributed by atoms with van der Waals surface area (Å²) in [6.07, 6.45) is 3.09. The molecular weight excluding hydrogens is 380 g/mol. The summed E-state index contributed by atoms with van der Waals surface area (Å²) in [5.41, 5.74) is 1.08. The van der Waals surface area contributed by atoms with Crippen LogP contribution >= 0.6 is 0 Å². The SMILES string of the molecule is CCNC(=NCC(O)COCc1ccccc1)NC1CCCC(C(=O)NC(C)C)C1. The Hall–Kier alpha value is -2.12. The Labute approximate surface area is 180 Å². The molecule has 0 radical (unpaired) electrons. The van der Waals surface area contributed by atoms with Crippen molar-refractivity contribution >= 4 is 11.9 Å². The number of aliphatic hydroxyl groups excluding tert-OH is 1. The van der Waals surface area contributed by atoms with Gasteiger partial charge < -0.3 is 25.8 Å². The highest BCUT2D eigenvalue weighted by Gasteiger charge is 2.28. The van der Waals surface area contributed by atoms with Gasteiger partial charge in [-0.25, -0.2) is 0 Å². The van der Waals surface area contributed by atoms with Gasteiger partial charge in [-0.3, -0.25) is 9.79 Å². The first-order valence-electron chi connectivity index (χ1n) is 11.1. The molecule has 1 saturated carbocycles. The number of ether oxygens (including phenoxy) is 1. The maximum atomic E-state index is 12.4. The van der Waals surface area contributed by atoms with Gasteiger partial charge in [0.25, 0.3) is 0 Å². The van der Waals surface area contributed by atoms with E-state index in [1.807, 2.05) is 51.1 Å². The first-order valence-corrected chi connectivity index (χ1v) is 11.1. The number of aliphatic imine (C=N–C) groups is 1. The molecule has 1 fully saturated rings. The van der Waals surface area contributed by atoms with Crippen LogP contribution in [-0.4, -0.2) is 54.9 Å². The minimum atomic E-state index is -0.667. The van der Waals surface area contributed by atoms with Crippen molar-refractivity contribution in [3.05, 3.63) is 35.9 Å². The number of nitrogens with zero attached hydrogens (tertiary/aromatic N) is 1. The van der Waals surface area contributed by atoms with Crippen LogP contribution < -0.4 is 16.0 Å². The summed E-state index contributed by atoms with van der Waals surface area (Å²) in [5.74, 6) is 0.859. The Bertz CT molecular complexity index is 651. The first-order chi connectivity index (χ1) is 14.5. The second-order valence-corrected chi connectivity index (χ2v) is 8.24. The molecule has 2 rings (SSSR count). The summed E-state index contributed by atoms with van der Waals surface area (Å²) in [6.45, 7) is 7.68. The molecule has 4 N–H and O–H groups in total. The predicted molar refractivity (Wildman–Crippen MR) is 120 cm³/mol. The monoisotopic (exact) mass is 418 g/mol. The Balaban J connectivity index is 1.79. The van der Waals surface area contributed by atoms with Gasteiger partial charge in [-0.05, 0) is 45.6 Å². The van der Waals surface area contributed by atoms with E-state index in [4.69, 9.17) is 4.74 Å². The van der Waals surface area contributed by atoms with Gasteiger partial charge in [0.15, 0.2) is 5.96 Å². The molecule has 3 unspecified atom stereocenters. The maximum absolute atomic E-state index is 12.4. The molecule has 1 aliphatic carbocycles. The van der Waals surface area contributed by atoms with Crippen molar-refractivity contribution in [2.45, 2.75) is 71.2 Å². The second kappa shape index (κ2) is 13.2. The van der Waals surface area contributed by atoms with Crippen molar-refractivity contribution in [3.8, 4) is 0 Å². The van der Waals surface area contributed by atoms with E-state index in [-0.39, 0.29) is 37.1 Å². The standard InChI is InChI=1S/C23H38N4O3/c1-4-24-23(25-14-21(28)16-30-15-18-9-6-5-7-10-18)27-20-12-8-11-19(13-20)22(29)26-17(2)3/h5-7,9-10,17,19-21,28H,4,8,11-16H2,1-3H3,(H,26,29)(H2,24,25,27). The molecule has 7 nitrogen and oxygen atoms in total. The lowest BCUT2D eigenvalue weighted by atomic mass is 9.85. The highest BCUT2D eigenvalue weighted by atomic mass is 16.5. The van der Waals surface area contributed by atoms with Crippen LogP contribution in [-0.2, 0) is 16.1 Å². The van der Waals surface area contributed by atoms with Crippen LogP contribution in [0.4, 0.5) is 0 Å². The summed E-state index contributed by atoms with van der Waals surface area (Å²) in [4.78, 5) is 16.9. The average molecular weight is 419 g/mol. The molecule has 0 heterocycles. The zero-order valence-corrected chi connectivity index (χ0v) is 18.6. The molecule has 30 heavy (non-hydrogen) atoms. The van der Waals surface area contributed by atoms with Gasteiger partial charge in [-0.2, -0.15) is 0 Å². The number of nitrogens with one attached hydrogen (secondary N) is 3. The van der Waals surface area contributed by atoms with Gasteiger partial charge in [0.1, 0.15) is 0 Å². The number of hydrogen-bond acceptors (Lipinski definition) is 4. The Morgan fingerprint density at radius 2 is 2.03 bits per heavy atom. The third kappa shape index (κ3) is 9.13. The minimum Gasteiger partial charge on any atom is -0.389 e. The lowest BCUT2D eigenvalue weighted by molar-refractivity contribution is -0.126. The van der Waals surface area contributed by atoms with Gasteiger partial charge in [0, 0.05) is 24.5 Å². The number of benzene rings is 1. The fourth-order valence-corrected chi connectivity index (χ4v) is 3.61. The van der Waals surface area contributed by atoms with Crippen molar-refractivity contribution in [1.29, 1.82) is 0 Å². The number of rotatable bonds is 10. The number of amides is 1. The number of guanidine groups is 1. The van der Waals surface area contributed by atoms with Crippen molar-refractivity contribution in [2.75, 3.05) is 19.7 Å². The summed E-state index contributed by atoms with van der Waals surface area (Å²) in [7, 11) is 0. The summed E-state index contributed by atoms with van der Waals surface area (Å²) in [6, 6.07) is 10.3. The number of carbonyl (C=O) groups excluding carboxylic acids is 1. The van der Waals surface area contributed by atoms with Crippen LogP contribution in [0.1, 0.15) is 52.0 Å². The Kier molecular flexibility index (Phi) is 10.7. The van der Waals surface area contributed by atoms with Crippen molar-refractivity contribution in [1.82, 2.24) is 16.0 Å². The van der Waals surface area contributed by atoms with Crippen LogP contribution in [0.5, 0.6) is 0 Å². The second-order valence-electron chi connectivity index (χ2n) is 8.24. The zero-order chi connectivity index (χ0) is 21.8. The van der Waals surface area contributed by atoms with Crippen LogP contribution in [0, 0.1) is 5.92 Å². The van der Waals surface area contributed by atoms with Crippen LogP contribution in [0.15, 0.2) is 35.3 Å². The van der Waals surface area contributed by atoms with E-state index in [2.05, 4.69) is 20.9 Å². The smallest absolute Gasteiger partial charge is 0.223 e. The average Bonchev–Trinajstić information content (AvgIpc) is 2.73. The number of hydrogen-bond donors (Lipinski definition) is 4. The van der Waals surface area contributed by atoms with Gasteiger partial charge >= 0.3 is 0 Å². The third-order valence-electron chi connectivity index (χ3n) is 5.04. The normalized spacial score (nSPS) is 20.6. The van der Waals surface area contributed by atoms with E-state index in [1.54, 1.807) is 0 Å². The minimum absolute atomic E-state index is 0.0403. The van der Waals surface area contributed by atoms with Crippen molar-refractivity contribution in [2.24, 2.45) is 10.9 Å². The molecule has 3 atom stereocenters. The lowest BCUT2D eigenvalue weighted by Gasteiger charge is -2.30. The predicted octanol–water partition coefficient (Wildman–Crippen LogP) is 2.20. The molecule has 0 spiro atoms. The van der Waals surface area contributed by atoms with Crippen LogP contribution in [0.25, 0.3) is 0 Å². The molecule has 0 saturated heterocycles. The molecule has 1 amide bonds. The summed E-state index contributed by atoms with van der Waals surface area (Å²) >= 11 is 0. The largest absolute Gasteiger partial charge is 0.389 e. The van der Waals surface area contributed by atoms with E-state index in [0.717, 1.165) is 37.8 Å². The zero-order valence-electron chi connectivity index (χ0n) is 18.6. The van der Waals surface area contributed by atoms with Crippen molar-refractivity contribution in [3.63, 3.8) is 0 Å². The molecule has 1 aromatic rings. The van der Waals surface area contributed by atoms with Gasteiger partial charge in [0.05, 0.1) is 25.9 Å². The molecule has 0 aromatic heterocycles. The Morgan fingerprint density at radius 3 is 2.73 bits per heavy atom. The first kappa shape index (κ1) is 24.2. The fraction of sp³-hybridized carbons (Fsp3) is 0.652. The van der Waals surface area contributed by atoms with E-state index in [0.29, 0.717) is 12.6 Å². The van der Waals surface area contributed by atoms with Gasteiger partial charge in [0.2, 0.25) is 5.91 Å². The molecular formula is C23H38N4O3. The molecule has 1 aromatic carbocycles. The van der Waals surface area contributed by atoms with E-state index >= 15 is 0 Å². The third-order valence-corrected chi connectivity index (χ3v) is 5.04. The quantitative estimate of drug-likeness (QED) is 0.345. The summed E-state index contributed by atoms with van der Waals surface area (Å²) < 4.78 is 5.59. The Morgan fingerprint density at radius 1 is 1.27 bits per heavy atom. The lowest BCUT2D eigenvalue weighted by Crippen LogP contribution is -2.47. The molecule has 0 aliphatic heterocycles. The summed E-state index contributed by atoms with van der Waals surface area (Å²) in [5, 5.41) is 19.9. The topological polar surface area (TPSA) is 95.0 Å². The number of carbonyl (C=O) groups is 1. The highest BCUT2D eigenvalue weighted by molar-refractivity contribution is 5.81. The van der Waals surface area contributed by atoms with Crippen LogP contribution in [0.3, 0.4) is 0 Å². The highest BCUT2D eigenvalue weighted by Crippen LogP contribution is 2.24. The molecule has 168 valence electrons. The van der Waals surface area contributed by atoms with E-state index in [1.165, 1.54) is 0 Å². The van der Waals surface area contributed by atoms with E-state index in [9.17, 15) is 9.90 Å². The molecule has 7 heteroatoms. The van der Waals surface area contributed by atoms with Crippen molar-refractivity contribution < 1.29 is 14.6 Å². The fourth-order valence-electron chi connectivity index (χ4n) is 3.61. The molecule has 1 aliphatic rings. The van der Waals surface area contributed by atoms with Crippen LogP contribution in [0.2, 0.25) is 0 Å².